The zero-order valence-electron chi connectivity index (χ0n) is 12.3. The molecule has 0 aliphatic heterocycles. The molecular weight excluding hydrogens is 269 g/mol. The number of nitrogens with zero attached hydrogens (tertiary/aromatic N) is 3. The lowest BCUT2D eigenvalue weighted by Crippen LogP contribution is -2.03. The Morgan fingerprint density at radius 2 is 2.05 bits per heavy atom. The van der Waals surface area contributed by atoms with Crippen molar-refractivity contribution in [2.45, 2.75) is 45.6 Å². The van der Waals surface area contributed by atoms with Gasteiger partial charge in [-0.15, -0.1) is 5.10 Å². The largest absolute Gasteiger partial charge is 0.296 e. The maximum Gasteiger partial charge on any atom is 0.172 e. The Kier molecular flexibility index (Phi) is 5.60. The number of carbonyl (C=O) groups excluding carboxylic acids is 1. The summed E-state index contributed by atoms with van der Waals surface area (Å²) in [6, 6.07) is 6.17. The number of aldehydes is 1. The normalized spacial score (nSPS) is 10.8. The molecule has 0 unspecified atom stereocenters. The third-order valence-corrected chi connectivity index (χ3v) is 3.44. The molecule has 112 valence electrons. The number of aryl methyl sites for hydroxylation is 1. The van der Waals surface area contributed by atoms with Gasteiger partial charge in [-0.1, -0.05) is 50.0 Å². The van der Waals surface area contributed by atoms with Crippen molar-refractivity contribution >= 4 is 6.29 Å². The van der Waals surface area contributed by atoms with Crippen molar-refractivity contribution < 1.29 is 9.18 Å². The average molecular weight is 289 g/mol. The number of aromatic nitrogens is 3. The molecule has 0 aliphatic carbocycles. The van der Waals surface area contributed by atoms with Crippen LogP contribution in [0.5, 0.6) is 0 Å². The first-order valence-electron chi connectivity index (χ1n) is 7.41. The minimum atomic E-state index is -0.333. The Labute approximate surface area is 124 Å². The molecule has 5 heteroatoms. The van der Waals surface area contributed by atoms with E-state index in [1.807, 2.05) is 0 Å². The van der Waals surface area contributed by atoms with Gasteiger partial charge in [-0.3, -0.25) is 4.79 Å². The molecule has 0 saturated heterocycles. The third kappa shape index (κ3) is 3.97. The Morgan fingerprint density at radius 1 is 1.24 bits per heavy atom. The first kappa shape index (κ1) is 15.4. The fraction of sp³-hybridized carbons (Fsp3) is 0.438. The molecule has 0 N–H and O–H groups in total. The summed E-state index contributed by atoms with van der Waals surface area (Å²) in [4.78, 5) is 11.1. The zero-order chi connectivity index (χ0) is 15.1. The second-order valence-corrected chi connectivity index (χ2v) is 5.09. The lowest BCUT2D eigenvalue weighted by molar-refractivity contribution is 0.111. The topological polar surface area (TPSA) is 47.8 Å². The Morgan fingerprint density at radius 3 is 2.76 bits per heavy atom. The van der Waals surface area contributed by atoms with E-state index in [1.54, 1.807) is 16.8 Å². The van der Waals surface area contributed by atoms with E-state index in [0.717, 1.165) is 12.8 Å². The summed E-state index contributed by atoms with van der Waals surface area (Å²) in [5.74, 6) is -0.333. The molecule has 2 rings (SSSR count). The van der Waals surface area contributed by atoms with Crippen molar-refractivity contribution in [3.8, 4) is 11.3 Å². The molecule has 0 aliphatic rings. The molecule has 4 nitrogen and oxygen atoms in total. The van der Waals surface area contributed by atoms with Gasteiger partial charge in [0, 0.05) is 12.1 Å². The number of carbonyl (C=O) groups is 1. The maximum absolute atomic E-state index is 13.4. The van der Waals surface area contributed by atoms with Gasteiger partial charge in [-0.05, 0) is 18.6 Å². The summed E-state index contributed by atoms with van der Waals surface area (Å²) in [5, 5.41) is 7.90. The van der Waals surface area contributed by atoms with Gasteiger partial charge in [0.15, 0.2) is 12.0 Å². The van der Waals surface area contributed by atoms with Crippen LogP contribution >= 0.6 is 0 Å². The van der Waals surface area contributed by atoms with Gasteiger partial charge in [0.2, 0.25) is 0 Å². The van der Waals surface area contributed by atoms with Crippen LogP contribution in [0.1, 0.15) is 49.5 Å². The first-order valence-corrected chi connectivity index (χ1v) is 7.41. The molecule has 1 heterocycles. The molecule has 0 bridgehead atoms. The molecule has 0 atom stereocenters. The second kappa shape index (κ2) is 7.67. The number of unbranched alkanes of at least 4 members (excludes halogenated alkanes) is 4. The van der Waals surface area contributed by atoms with E-state index < -0.39 is 0 Å². The molecule has 1 aromatic carbocycles. The predicted molar refractivity (Wildman–Crippen MR) is 79.6 cm³/mol. The summed E-state index contributed by atoms with van der Waals surface area (Å²) in [5.41, 5.74) is 1.49. The zero-order valence-corrected chi connectivity index (χ0v) is 12.3. The number of rotatable bonds is 8. The predicted octanol–water partition coefficient (Wildman–Crippen LogP) is 3.87. The van der Waals surface area contributed by atoms with E-state index in [4.69, 9.17) is 0 Å². The number of halogens is 1. The fourth-order valence-corrected chi connectivity index (χ4v) is 2.36. The Hall–Kier alpha value is -2.04. The summed E-state index contributed by atoms with van der Waals surface area (Å²) >= 11 is 0. The molecule has 2 aromatic rings. The van der Waals surface area contributed by atoms with Crippen molar-refractivity contribution in [1.82, 2.24) is 15.0 Å². The molecule has 0 amide bonds. The van der Waals surface area contributed by atoms with Crippen LogP contribution in [0.25, 0.3) is 11.3 Å². The second-order valence-electron chi connectivity index (χ2n) is 5.09. The van der Waals surface area contributed by atoms with Crippen LogP contribution in [0, 0.1) is 5.82 Å². The number of hydrogen-bond acceptors (Lipinski definition) is 3. The minimum absolute atomic E-state index is 0.258. The SMILES string of the molecule is CCCCCCCn1nnc(C=O)c1-c1cccc(F)c1. The summed E-state index contributed by atoms with van der Waals surface area (Å²) in [6.07, 6.45) is 6.39. The monoisotopic (exact) mass is 289 g/mol. The summed E-state index contributed by atoms with van der Waals surface area (Å²) in [7, 11) is 0. The molecule has 1 aromatic heterocycles. The van der Waals surface area contributed by atoms with Crippen molar-refractivity contribution in [3.63, 3.8) is 0 Å². The Bertz CT molecular complexity index is 595. The van der Waals surface area contributed by atoms with Crippen molar-refractivity contribution in [2.24, 2.45) is 0 Å². The van der Waals surface area contributed by atoms with E-state index in [1.165, 1.54) is 31.4 Å². The van der Waals surface area contributed by atoms with E-state index >= 15 is 0 Å². The van der Waals surface area contributed by atoms with Crippen LogP contribution in [-0.4, -0.2) is 21.3 Å². The van der Waals surface area contributed by atoms with Crippen molar-refractivity contribution in [1.29, 1.82) is 0 Å². The van der Waals surface area contributed by atoms with E-state index in [2.05, 4.69) is 17.2 Å². The minimum Gasteiger partial charge on any atom is -0.296 e. The molecular formula is C16H20FN3O. The summed E-state index contributed by atoms with van der Waals surface area (Å²) in [6.45, 7) is 2.87. The number of benzene rings is 1. The van der Waals surface area contributed by atoms with Crippen LogP contribution in [0.15, 0.2) is 24.3 Å². The van der Waals surface area contributed by atoms with Gasteiger partial charge >= 0.3 is 0 Å². The highest BCUT2D eigenvalue weighted by Crippen LogP contribution is 2.22. The smallest absolute Gasteiger partial charge is 0.172 e. The quantitative estimate of drug-likeness (QED) is 0.547. The van der Waals surface area contributed by atoms with Crippen molar-refractivity contribution in [3.05, 3.63) is 35.8 Å². The Balaban J connectivity index is 2.15. The van der Waals surface area contributed by atoms with Gasteiger partial charge in [0.25, 0.3) is 0 Å². The number of hydrogen-bond donors (Lipinski definition) is 0. The van der Waals surface area contributed by atoms with E-state index in [0.29, 0.717) is 24.1 Å². The van der Waals surface area contributed by atoms with Gasteiger partial charge in [0.1, 0.15) is 5.82 Å². The van der Waals surface area contributed by atoms with Crippen LogP contribution in [0.2, 0.25) is 0 Å². The molecule has 0 saturated carbocycles. The molecule has 0 fully saturated rings. The van der Waals surface area contributed by atoms with Gasteiger partial charge in [-0.2, -0.15) is 0 Å². The van der Waals surface area contributed by atoms with Gasteiger partial charge in [-0.25, -0.2) is 9.07 Å². The maximum atomic E-state index is 13.4. The highest BCUT2D eigenvalue weighted by Gasteiger charge is 2.14. The summed E-state index contributed by atoms with van der Waals surface area (Å²) < 4.78 is 15.1. The fourth-order valence-electron chi connectivity index (χ4n) is 2.36. The molecule has 0 spiro atoms. The van der Waals surface area contributed by atoms with Crippen LogP contribution in [0.3, 0.4) is 0 Å². The highest BCUT2D eigenvalue weighted by molar-refractivity contribution is 5.83. The van der Waals surface area contributed by atoms with Crippen LogP contribution < -0.4 is 0 Å². The van der Waals surface area contributed by atoms with Crippen molar-refractivity contribution in [2.75, 3.05) is 0 Å². The molecule has 0 radical (unpaired) electrons. The standard InChI is InChI=1S/C16H20FN3O/c1-2-3-4-5-6-10-20-16(15(12-21)18-19-20)13-8-7-9-14(17)11-13/h7-9,11-12H,2-6,10H2,1H3. The average Bonchev–Trinajstić information content (AvgIpc) is 2.90. The lowest BCUT2D eigenvalue weighted by Gasteiger charge is -2.07. The van der Waals surface area contributed by atoms with Crippen LogP contribution in [0.4, 0.5) is 4.39 Å². The van der Waals surface area contributed by atoms with Crippen LogP contribution in [-0.2, 0) is 6.54 Å². The van der Waals surface area contributed by atoms with E-state index in [-0.39, 0.29) is 11.5 Å². The first-order chi connectivity index (χ1) is 10.3. The lowest BCUT2D eigenvalue weighted by atomic mass is 10.1. The van der Waals surface area contributed by atoms with Gasteiger partial charge in [0.05, 0.1) is 5.69 Å². The molecule has 21 heavy (non-hydrogen) atoms. The third-order valence-electron chi connectivity index (χ3n) is 3.44. The van der Waals surface area contributed by atoms with Gasteiger partial charge < -0.3 is 0 Å². The van der Waals surface area contributed by atoms with E-state index in [9.17, 15) is 9.18 Å². The highest BCUT2D eigenvalue weighted by atomic mass is 19.1.